The van der Waals surface area contributed by atoms with Gasteiger partial charge in [0.05, 0.1) is 0 Å². The molecule has 0 radical (unpaired) electrons. The number of aromatic amines is 2. The topological polar surface area (TPSA) is 110 Å². The highest BCUT2D eigenvalue weighted by Crippen LogP contribution is 2.18. The van der Waals surface area contributed by atoms with Crippen LogP contribution in [0.4, 0.5) is 11.5 Å². The van der Waals surface area contributed by atoms with Gasteiger partial charge in [-0.25, -0.2) is 4.79 Å². The van der Waals surface area contributed by atoms with Gasteiger partial charge in [-0.2, -0.15) is 0 Å². The van der Waals surface area contributed by atoms with E-state index in [-0.39, 0.29) is 11.5 Å². The Morgan fingerprint density at radius 2 is 1.92 bits per heavy atom. The number of hydrogen-bond acceptors (Lipinski definition) is 5. The number of rotatable bonds is 0. The van der Waals surface area contributed by atoms with Gasteiger partial charge in [-0.05, 0) is 0 Å². The fourth-order valence-corrected chi connectivity index (χ4v) is 1.04. The van der Waals surface area contributed by atoms with Crippen molar-refractivity contribution >= 4 is 11.5 Å². The van der Waals surface area contributed by atoms with Gasteiger partial charge >= 0.3 is 5.69 Å². The van der Waals surface area contributed by atoms with E-state index in [0.717, 1.165) is 0 Å². The van der Waals surface area contributed by atoms with Crippen molar-refractivity contribution in [2.24, 2.45) is 0 Å². The van der Waals surface area contributed by atoms with Crippen LogP contribution in [0.2, 0.25) is 0 Å². The number of hydrogen-bond donors (Lipinski definition) is 5. The highest BCUT2D eigenvalue weighted by Gasteiger charge is 2.20. The van der Waals surface area contributed by atoms with Crippen molar-refractivity contribution in [1.82, 2.24) is 9.97 Å². The zero-order valence-corrected chi connectivity index (χ0v) is 5.84. The van der Waals surface area contributed by atoms with Crippen molar-refractivity contribution in [3.8, 4) is 0 Å². The molecule has 1 aliphatic heterocycles. The Hall–Kier alpha value is -1.76. The summed E-state index contributed by atoms with van der Waals surface area (Å²) < 4.78 is 0. The van der Waals surface area contributed by atoms with Crippen LogP contribution < -0.4 is 21.9 Å². The summed E-state index contributed by atoms with van der Waals surface area (Å²) in [5.41, 5.74) is -1.03. The fraction of sp³-hybridized carbons (Fsp3) is 0.200. The molecule has 1 aromatic rings. The van der Waals surface area contributed by atoms with E-state index in [4.69, 9.17) is 5.11 Å². The summed E-state index contributed by atoms with van der Waals surface area (Å²) in [5.74, 6) is 0.205. The first-order valence-corrected chi connectivity index (χ1v) is 3.24. The lowest BCUT2D eigenvalue weighted by Gasteiger charge is -1.99. The van der Waals surface area contributed by atoms with Crippen molar-refractivity contribution in [3.63, 3.8) is 0 Å². The van der Waals surface area contributed by atoms with Gasteiger partial charge in [0.2, 0.25) is 6.35 Å². The molecule has 1 atom stereocenters. The van der Waals surface area contributed by atoms with Crippen LogP contribution in [-0.2, 0) is 0 Å². The number of anilines is 2. The SMILES string of the molecule is O=c1[nH]c2c(c(=O)[nH]1)NC(O)N2. The van der Waals surface area contributed by atoms with E-state index in [2.05, 4.69) is 15.6 Å². The first-order chi connectivity index (χ1) is 5.66. The number of fused-ring (bicyclic) bond motifs is 1. The van der Waals surface area contributed by atoms with Crippen LogP contribution in [0.5, 0.6) is 0 Å². The van der Waals surface area contributed by atoms with Gasteiger partial charge in [0.15, 0.2) is 0 Å². The summed E-state index contributed by atoms with van der Waals surface area (Å²) >= 11 is 0. The molecule has 0 bridgehead atoms. The third-order valence-electron chi connectivity index (χ3n) is 1.50. The Labute approximate surface area is 65.4 Å². The normalized spacial score (nSPS) is 19.6. The number of aliphatic hydroxyl groups excluding tert-OH is 1. The molecule has 2 rings (SSSR count). The molecule has 7 heteroatoms. The fourth-order valence-electron chi connectivity index (χ4n) is 1.04. The number of aromatic nitrogens is 2. The lowest BCUT2D eigenvalue weighted by Crippen LogP contribution is -2.23. The van der Waals surface area contributed by atoms with E-state index in [9.17, 15) is 9.59 Å². The quantitative estimate of drug-likeness (QED) is 0.315. The molecule has 2 heterocycles. The summed E-state index contributed by atoms with van der Waals surface area (Å²) in [5, 5.41) is 13.8. The average Bonchev–Trinajstić information content (AvgIpc) is 2.29. The monoisotopic (exact) mass is 170 g/mol. The lowest BCUT2D eigenvalue weighted by molar-refractivity contribution is 0.238. The second kappa shape index (κ2) is 2.11. The van der Waals surface area contributed by atoms with E-state index in [0.29, 0.717) is 0 Å². The minimum atomic E-state index is -1.03. The Balaban J connectivity index is 2.68. The molecule has 0 saturated heterocycles. The summed E-state index contributed by atoms with van der Waals surface area (Å²) in [6.07, 6.45) is -1.03. The Morgan fingerprint density at radius 3 is 2.67 bits per heavy atom. The van der Waals surface area contributed by atoms with Gasteiger partial charge in [-0.1, -0.05) is 0 Å². The largest absolute Gasteiger partial charge is 0.357 e. The Morgan fingerprint density at radius 1 is 1.17 bits per heavy atom. The molecule has 0 aliphatic carbocycles. The lowest BCUT2D eigenvalue weighted by atomic mass is 10.5. The van der Waals surface area contributed by atoms with Gasteiger partial charge in [0.25, 0.3) is 5.56 Å². The smallest absolute Gasteiger partial charge is 0.327 e. The van der Waals surface area contributed by atoms with Crippen LogP contribution >= 0.6 is 0 Å². The van der Waals surface area contributed by atoms with E-state index in [1.807, 2.05) is 4.98 Å². The molecule has 0 spiro atoms. The first kappa shape index (κ1) is 6.92. The van der Waals surface area contributed by atoms with Crippen LogP contribution in [0.3, 0.4) is 0 Å². The molecule has 0 amide bonds. The van der Waals surface area contributed by atoms with Crippen LogP contribution in [0.25, 0.3) is 0 Å². The van der Waals surface area contributed by atoms with Crippen molar-refractivity contribution in [3.05, 3.63) is 20.8 Å². The second-order valence-corrected chi connectivity index (χ2v) is 2.35. The summed E-state index contributed by atoms with van der Waals surface area (Å²) in [7, 11) is 0. The van der Waals surface area contributed by atoms with Gasteiger partial charge in [-0.15, -0.1) is 0 Å². The van der Waals surface area contributed by atoms with Crippen LogP contribution in [0.1, 0.15) is 0 Å². The van der Waals surface area contributed by atoms with Crippen molar-refractivity contribution in [2.75, 3.05) is 10.6 Å². The molecular weight excluding hydrogens is 164 g/mol. The average molecular weight is 170 g/mol. The van der Waals surface area contributed by atoms with Gasteiger partial charge in [0, 0.05) is 0 Å². The predicted molar refractivity (Wildman–Crippen MR) is 40.9 cm³/mol. The molecule has 1 aliphatic rings. The number of aliphatic hydroxyl groups is 1. The molecule has 0 aromatic carbocycles. The number of nitrogens with one attached hydrogen (secondary N) is 4. The maximum atomic E-state index is 11.0. The summed E-state index contributed by atoms with van der Waals surface area (Å²) in [4.78, 5) is 26.0. The highest BCUT2D eigenvalue weighted by molar-refractivity contribution is 5.67. The first-order valence-electron chi connectivity index (χ1n) is 3.24. The molecular formula is C5H6N4O3. The molecule has 1 unspecified atom stereocenters. The van der Waals surface area contributed by atoms with E-state index < -0.39 is 17.6 Å². The molecule has 0 saturated carbocycles. The van der Waals surface area contributed by atoms with Crippen molar-refractivity contribution in [1.29, 1.82) is 0 Å². The van der Waals surface area contributed by atoms with E-state index >= 15 is 0 Å². The Kier molecular flexibility index (Phi) is 1.22. The van der Waals surface area contributed by atoms with Crippen LogP contribution in [0.15, 0.2) is 9.59 Å². The summed E-state index contributed by atoms with van der Waals surface area (Å²) in [6, 6.07) is 0. The molecule has 12 heavy (non-hydrogen) atoms. The molecule has 0 fully saturated rings. The standard InChI is InChI=1S/C5H6N4O3/c10-3-1-2(7-4(11)6-1)8-5(12)9-3/h4,6,11H,(H3,7,8,9,10,12). The Bertz CT molecular complexity index is 419. The number of H-pyrrole nitrogens is 2. The van der Waals surface area contributed by atoms with E-state index in [1.54, 1.807) is 0 Å². The van der Waals surface area contributed by atoms with Crippen molar-refractivity contribution < 1.29 is 5.11 Å². The van der Waals surface area contributed by atoms with Crippen LogP contribution in [0, 0.1) is 0 Å². The van der Waals surface area contributed by atoms with Gasteiger partial charge < -0.3 is 15.7 Å². The zero-order valence-electron chi connectivity index (χ0n) is 5.84. The molecule has 64 valence electrons. The predicted octanol–water partition coefficient (Wildman–Crippen LogP) is -1.82. The van der Waals surface area contributed by atoms with E-state index in [1.165, 1.54) is 0 Å². The van der Waals surface area contributed by atoms with Gasteiger partial charge in [-0.3, -0.25) is 14.8 Å². The highest BCUT2D eigenvalue weighted by atomic mass is 16.3. The maximum absolute atomic E-state index is 11.0. The molecule has 1 aromatic heterocycles. The second-order valence-electron chi connectivity index (χ2n) is 2.35. The van der Waals surface area contributed by atoms with Crippen molar-refractivity contribution in [2.45, 2.75) is 6.35 Å². The third kappa shape index (κ3) is 0.873. The zero-order chi connectivity index (χ0) is 8.72. The third-order valence-corrected chi connectivity index (χ3v) is 1.50. The van der Waals surface area contributed by atoms with Crippen LogP contribution in [-0.4, -0.2) is 21.4 Å². The summed E-state index contributed by atoms with van der Waals surface area (Å²) in [6.45, 7) is 0. The molecule has 5 N–H and O–H groups in total. The minimum Gasteiger partial charge on any atom is -0.357 e. The van der Waals surface area contributed by atoms with Gasteiger partial charge in [0.1, 0.15) is 11.5 Å². The maximum Gasteiger partial charge on any atom is 0.327 e. The molecule has 7 nitrogen and oxygen atoms in total. The minimum absolute atomic E-state index is 0.141.